The van der Waals surface area contributed by atoms with Gasteiger partial charge in [0.2, 0.25) is 0 Å². The minimum Gasteiger partial charge on any atom is -0.489 e. The van der Waals surface area contributed by atoms with Crippen molar-refractivity contribution in [3.8, 4) is 11.5 Å². The van der Waals surface area contributed by atoms with Crippen LogP contribution in [-0.2, 0) is 0 Å². The summed E-state index contributed by atoms with van der Waals surface area (Å²) in [5, 5.41) is 0.128. The van der Waals surface area contributed by atoms with Crippen molar-refractivity contribution in [1.82, 2.24) is 4.90 Å². The second-order valence-corrected chi connectivity index (χ2v) is 6.37. The average Bonchev–Trinajstić information content (AvgIpc) is 2.25. The Morgan fingerprint density at radius 3 is 2.48 bits per heavy atom. The van der Waals surface area contributed by atoms with Gasteiger partial charge in [0, 0.05) is 24.6 Å². The Balaban J connectivity index is 1.57. The van der Waals surface area contributed by atoms with Crippen LogP contribution in [0.4, 0.5) is 13.2 Å². The van der Waals surface area contributed by atoms with Gasteiger partial charge in [-0.2, -0.15) is 0 Å². The highest BCUT2D eigenvalue weighted by Gasteiger charge is 2.52. The molecule has 3 nitrogen and oxygen atoms in total. The molecule has 0 bridgehead atoms. The molecule has 1 aromatic rings. The molecule has 1 saturated carbocycles. The first-order chi connectivity index (χ1) is 9.75. The molecule has 1 saturated heterocycles. The molecule has 116 valence electrons. The summed E-state index contributed by atoms with van der Waals surface area (Å²) >= 11 is 5.94. The van der Waals surface area contributed by atoms with Gasteiger partial charge in [-0.05, 0) is 32.0 Å². The van der Waals surface area contributed by atoms with Crippen molar-refractivity contribution in [2.45, 2.75) is 25.3 Å². The van der Waals surface area contributed by atoms with Crippen molar-refractivity contribution < 1.29 is 22.6 Å². The SMILES string of the molecule is CN1CC2(CC(Oc3ccc(OC(F)(F)F)cc3Cl)C2)C1. The molecule has 3 rings (SSSR count). The number of hydrogen-bond donors (Lipinski definition) is 0. The summed E-state index contributed by atoms with van der Waals surface area (Å²) in [5.41, 5.74) is 0.380. The summed E-state index contributed by atoms with van der Waals surface area (Å²) in [4.78, 5) is 2.26. The second kappa shape index (κ2) is 4.95. The molecule has 0 radical (unpaired) electrons. The number of likely N-dealkylation sites (tertiary alicyclic amines) is 1. The van der Waals surface area contributed by atoms with E-state index >= 15 is 0 Å². The first-order valence-corrected chi connectivity index (χ1v) is 7.03. The van der Waals surface area contributed by atoms with Crippen LogP contribution >= 0.6 is 11.6 Å². The quantitative estimate of drug-likeness (QED) is 0.847. The molecule has 0 atom stereocenters. The number of rotatable bonds is 3. The van der Waals surface area contributed by atoms with Crippen molar-refractivity contribution >= 4 is 11.6 Å². The molecule has 0 unspecified atom stereocenters. The highest BCUT2D eigenvalue weighted by Crippen LogP contribution is 2.49. The minimum absolute atomic E-state index is 0.0885. The summed E-state index contributed by atoms with van der Waals surface area (Å²) in [5.74, 6) is 0.0595. The molecule has 1 aliphatic carbocycles. The fourth-order valence-electron chi connectivity index (χ4n) is 3.30. The maximum atomic E-state index is 12.1. The van der Waals surface area contributed by atoms with Crippen LogP contribution < -0.4 is 9.47 Å². The minimum atomic E-state index is -4.72. The predicted octanol–water partition coefficient (Wildman–Crippen LogP) is 3.71. The topological polar surface area (TPSA) is 21.7 Å². The van der Waals surface area contributed by atoms with Gasteiger partial charge in [-0.25, -0.2) is 0 Å². The summed E-state index contributed by atoms with van der Waals surface area (Å²) in [7, 11) is 2.08. The standard InChI is InChI=1S/C14H15ClF3NO2/c1-19-7-13(8-19)5-10(6-13)20-12-3-2-9(4-11(12)15)21-14(16,17)18/h2-4,10H,5-8H2,1H3. The van der Waals surface area contributed by atoms with Crippen molar-refractivity contribution in [3.63, 3.8) is 0 Å². The number of benzene rings is 1. The Morgan fingerprint density at radius 2 is 1.95 bits per heavy atom. The molecule has 2 aliphatic rings. The lowest BCUT2D eigenvalue weighted by molar-refractivity contribution is -0.274. The van der Waals surface area contributed by atoms with Crippen LogP contribution in [0, 0.1) is 5.41 Å². The summed E-state index contributed by atoms with van der Waals surface area (Å²) in [6.07, 6.45) is -2.70. The molecule has 21 heavy (non-hydrogen) atoms. The maximum Gasteiger partial charge on any atom is 0.573 e. The number of hydrogen-bond acceptors (Lipinski definition) is 3. The first kappa shape index (κ1) is 14.8. The number of nitrogens with zero attached hydrogens (tertiary/aromatic N) is 1. The Morgan fingerprint density at radius 1 is 1.29 bits per heavy atom. The van der Waals surface area contributed by atoms with E-state index in [1.807, 2.05) is 0 Å². The van der Waals surface area contributed by atoms with Crippen molar-refractivity contribution in [2.75, 3.05) is 20.1 Å². The van der Waals surface area contributed by atoms with Gasteiger partial charge in [0.1, 0.15) is 17.6 Å². The third-order valence-corrected chi connectivity index (χ3v) is 4.26. The van der Waals surface area contributed by atoms with Crippen LogP contribution in [0.3, 0.4) is 0 Å². The number of alkyl halides is 3. The smallest absolute Gasteiger partial charge is 0.489 e. The molecule has 1 heterocycles. The molecular weight excluding hydrogens is 307 g/mol. The van der Waals surface area contributed by atoms with Gasteiger partial charge in [0.15, 0.2) is 0 Å². The number of halogens is 4. The van der Waals surface area contributed by atoms with Gasteiger partial charge in [-0.15, -0.1) is 13.2 Å². The van der Waals surface area contributed by atoms with Crippen LogP contribution in [0.5, 0.6) is 11.5 Å². The average molecular weight is 322 g/mol. The molecule has 1 spiro atoms. The van der Waals surface area contributed by atoms with Crippen molar-refractivity contribution in [2.24, 2.45) is 5.41 Å². The van der Waals surface area contributed by atoms with Gasteiger partial charge in [0.25, 0.3) is 0 Å². The molecule has 7 heteroatoms. The van der Waals surface area contributed by atoms with E-state index in [0.717, 1.165) is 32.0 Å². The highest BCUT2D eigenvalue weighted by atomic mass is 35.5. The zero-order valence-corrected chi connectivity index (χ0v) is 12.2. The lowest BCUT2D eigenvalue weighted by Crippen LogP contribution is -2.63. The van der Waals surface area contributed by atoms with E-state index in [2.05, 4.69) is 16.7 Å². The monoisotopic (exact) mass is 321 g/mol. The van der Waals surface area contributed by atoms with Crippen molar-refractivity contribution in [3.05, 3.63) is 23.2 Å². The van der Waals surface area contributed by atoms with Gasteiger partial charge in [-0.1, -0.05) is 11.6 Å². The van der Waals surface area contributed by atoms with Gasteiger partial charge in [-0.3, -0.25) is 0 Å². The van der Waals surface area contributed by atoms with Gasteiger partial charge in [0.05, 0.1) is 5.02 Å². The molecular formula is C14H15ClF3NO2. The molecule has 0 amide bonds. The lowest BCUT2D eigenvalue weighted by atomic mass is 9.62. The Bertz CT molecular complexity index is 536. The molecule has 1 aliphatic heterocycles. The van der Waals surface area contributed by atoms with Crippen LogP contribution in [0.2, 0.25) is 5.02 Å². The zero-order valence-electron chi connectivity index (χ0n) is 11.4. The van der Waals surface area contributed by atoms with Gasteiger partial charge < -0.3 is 14.4 Å². The highest BCUT2D eigenvalue weighted by molar-refractivity contribution is 6.32. The predicted molar refractivity (Wildman–Crippen MR) is 71.7 cm³/mol. The Hall–Kier alpha value is -1.14. The van der Waals surface area contributed by atoms with E-state index in [1.54, 1.807) is 0 Å². The Kier molecular flexibility index (Phi) is 3.48. The fourth-order valence-corrected chi connectivity index (χ4v) is 3.52. The normalized spacial score (nSPS) is 21.8. The molecule has 0 N–H and O–H groups in total. The van der Waals surface area contributed by atoms with E-state index in [1.165, 1.54) is 12.1 Å². The van der Waals surface area contributed by atoms with E-state index < -0.39 is 6.36 Å². The van der Waals surface area contributed by atoms with Crippen LogP contribution in [0.1, 0.15) is 12.8 Å². The first-order valence-electron chi connectivity index (χ1n) is 6.65. The van der Waals surface area contributed by atoms with E-state index in [0.29, 0.717) is 11.2 Å². The zero-order chi connectivity index (χ0) is 15.3. The third kappa shape index (κ3) is 3.21. The third-order valence-electron chi connectivity index (χ3n) is 3.96. The van der Waals surface area contributed by atoms with Crippen LogP contribution in [0.25, 0.3) is 0 Å². The largest absolute Gasteiger partial charge is 0.573 e. The molecule has 0 aromatic heterocycles. The second-order valence-electron chi connectivity index (χ2n) is 5.96. The maximum absolute atomic E-state index is 12.1. The van der Waals surface area contributed by atoms with Crippen LogP contribution in [0.15, 0.2) is 18.2 Å². The van der Waals surface area contributed by atoms with Crippen LogP contribution in [-0.4, -0.2) is 37.5 Å². The molecule has 1 aromatic carbocycles. The van der Waals surface area contributed by atoms with E-state index in [4.69, 9.17) is 16.3 Å². The van der Waals surface area contributed by atoms with Gasteiger partial charge >= 0.3 is 6.36 Å². The summed E-state index contributed by atoms with van der Waals surface area (Å²) in [6, 6.07) is 3.75. The van der Waals surface area contributed by atoms with Crippen molar-refractivity contribution in [1.29, 1.82) is 0 Å². The molecule has 2 fully saturated rings. The van der Waals surface area contributed by atoms with E-state index in [9.17, 15) is 13.2 Å². The number of ether oxygens (including phenoxy) is 2. The van der Waals surface area contributed by atoms with E-state index in [-0.39, 0.29) is 16.9 Å². The fraction of sp³-hybridized carbons (Fsp3) is 0.571. The lowest BCUT2D eigenvalue weighted by Gasteiger charge is -2.57. The summed E-state index contributed by atoms with van der Waals surface area (Å²) in [6.45, 7) is 2.16. The Labute approximate surface area is 125 Å². The summed E-state index contributed by atoms with van der Waals surface area (Å²) < 4.78 is 45.9.